The average molecular weight is 347 g/mol. The first-order valence-electron chi connectivity index (χ1n) is 7.46. The predicted octanol–water partition coefficient (Wildman–Crippen LogP) is 2.11. The highest BCUT2D eigenvalue weighted by Crippen LogP contribution is 2.31. The van der Waals surface area contributed by atoms with Gasteiger partial charge in [0.05, 0.1) is 4.90 Å². The topological polar surface area (TPSA) is 92.7 Å². The second-order valence-corrected chi connectivity index (χ2v) is 7.39. The zero-order chi connectivity index (χ0) is 17.3. The Morgan fingerprint density at radius 3 is 2.62 bits per heavy atom. The van der Waals surface area contributed by atoms with Gasteiger partial charge in [0.1, 0.15) is 5.75 Å². The van der Waals surface area contributed by atoms with Crippen LogP contribution in [0.4, 0.5) is 0 Å². The molecular formula is C17H17NO5S. The maximum atomic E-state index is 12.4. The number of rotatable bonds is 5. The molecule has 3 rings (SSSR count). The molecule has 1 heterocycles. The van der Waals surface area contributed by atoms with Gasteiger partial charge in [0.25, 0.3) is 0 Å². The smallest absolute Gasteiger partial charge is 0.345 e. The van der Waals surface area contributed by atoms with Crippen molar-refractivity contribution in [1.82, 2.24) is 4.72 Å². The van der Waals surface area contributed by atoms with Crippen LogP contribution in [0, 0.1) is 0 Å². The Balaban J connectivity index is 1.79. The lowest BCUT2D eigenvalue weighted by atomic mass is 10.0. The number of hydrogen-bond acceptors (Lipinski definition) is 4. The highest BCUT2D eigenvalue weighted by Gasteiger charge is 2.29. The monoisotopic (exact) mass is 347 g/mol. The molecule has 0 amide bonds. The van der Waals surface area contributed by atoms with Gasteiger partial charge in [-0.15, -0.1) is 0 Å². The molecule has 7 heteroatoms. The summed E-state index contributed by atoms with van der Waals surface area (Å²) in [5.74, 6) is -0.477. The highest BCUT2D eigenvalue weighted by atomic mass is 32.2. The third-order valence-corrected chi connectivity index (χ3v) is 5.48. The summed E-state index contributed by atoms with van der Waals surface area (Å²) < 4.78 is 32.7. The first kappa shape index (κ1) is 16.5. The number of nitrogens with one attached hydrogen (secondary N) is 1. The first-order valence-corrected chi connectivity index (χ1v) is 8.95. The zero-order valence-electron chi connectivity index (χ0n) is 13.0. The number of fused-ring (bicyclic) bond motifs is 1. The summed E-state index contributed by atoms with van der Waals surface area (Å²) in [5, 5.41) is 9.03. The van der Waals surface area contributed by atoms with E-state index in [1.807, 2.05) is 0 Å². The molecule has 24 heavy (non-hydrogen) atoms. The third-order valence-electron chi connectivity index (χ3n) is 3.92. The lowest BCUT2D eigenvalue weighted by Gasteiger charge is -2.15. The van der Waals surface area contributed by atoms with Crippen molar-refractivity contribution in [3.05, 3.63) is 59.7 Å². The van der Waals surface area contributed by atoms with Crippen molar-refractivity contribution in [2.75, 3.05) is 0 Å². The molecule has 2 N–H and O–H groups in total. The Labute approximate surface area is 140 Å². The van der Waals surface area contributed by atoms with Crippen LogP contribution in [0.15, 0.2) is 53.4 Å². The van der Waals surface area contributed by atoms with Crippen molar-refractivity contribution in [2.45, 2.75) is 30.4 Å². The molecule has 2 atom stereocenters. The minimum Gasteiger partial charge on any atom is -0.478 e. The lowest BCUT2D eigenvalue weighted by Crippen LogP contribution is -2.26. The molecule has 1 aliphatic heterocycles. The summed E-state index contributed by atoms with van der Waals surface area (Å²) in [7, 11) is -3.62. The molecule has 1 aliphatic rings. The summed E-state index contributed by atoms with van der Waals surface area (Å²) >= 11 is 0. The molecule has 2 aromatic carbocycles. The Morgan fingerprint density at radius 1 is 1.25 bits per heavy atom. The van der Waals surface area contributed by atoms with Crippen LogP contribution in [0.2, 0.25) is 0 Å². The van der Waals surface area contributed by atoms with Crippen LogP contribution >= 0.6 is 0 Å². The van der Waals surface area contributed by atoms with Crippen LogP contribution in [0.3, 0.4) is 0 Å². The number of carboxylic acids is 1. The molecule has 0 saturated carbocycles. The van der Waals surface area contributed by atoms with Crippen molar-refractivity contribution in [2.24, 2.45) is 0 Å². The third kappa shape index (κ3) is 3.27. The fourth-order valence-corrected chi connectivity index (χ4v) is 3.90. The number of aliphatic carboxylic acids is 1. The Morgan fingerprint density at radius 2 is 1.96 bits per heavy atom. The number of carbonyl (C=O) groups is 1. The van der Waals surface area contributed by atoms with Crippen LogP contribution < -0.4 is 9.46 Å². The van der Waals surface area contributed by atoms with E-state index in [9.17, 15) is 13.2 Å². The van der Waals surface area contributed by atoms with E-state index in [1.165, 1.54) is 12.1 Å². The standard InChI is InChI=1S/C17H17NO5S/c1-11(18-24(21,22)14-5-3-2-4-6-14)12-7-8-15-13(9-12)10-16(23-15)17(19)20/h2-9,11,16,18H,10H2,1H3,(H,19,20). The maximum absolute atomic E-state index is 12.4. The minimum atomic E-state index is -3.62. The van der Waals surface area contributed by atoms with Crippen molar-refractivity contribution in [3.8, 4) is 5.75 Å². The number of hydrogen-bond donors (Lipinski definition) is 2. The van der Waals surface area contributed by atoms with Crippen molar-refractivity contribution < 1.29 is 23.1 Å². The summed E-state index contributed by atoms with van der Waals surface area (Å²) in [6.45, 7) is 1.74. The van der Waals surface area contributed by atoms with E-state index in [2.05, 4.69) is 4.72 Å². The number of sulfonamides is 1. The van der Waals surface area contributed by atoms with E-state index < -0.39 is 28.1 Å². The van der Waals surface area contributed by atoms with Gasteiger partial charge in [-0.3, -0.25) is 0 Å². The quantitative estimate of drug-likeness (QED) is 0.864. The van der Waals surface area contributed by atoms with Gasteiger partial charge in [-0.1, -0.05) is 30.3 Å². The zero-order valence-corrected chi connectivity index (χ0v) is 13.8. The van der Waals surface area contributed by atoms with Crippen molar-refractivity contribution >= 4 is 16.0 Å². The largest absolute Gasteiger partial charge is 0.478 e. The SMILES string of the molecule is CC(NS(=O)(=O)c1ccccc1)c1ccc2c(c1)CC(C(=O)O)O2. The van der Waals surface area contributed by atoms with E-state index in [-0.39, 0.29) is 11.3 Å². The van der Waals surface area contributed by atoms with Crippen LogP contribution in [-0.4, -0.2) is 25.6 Å². The summed E-state index contributed by atoms with van der Waals surface area (Å²) in [5.41, 5.74) is 1.52. The van der Waals surface area contributed by atoms with Crippen LogP contribution in [0.5, 0.6) is 5.75 Å². The predicted molar refractivity (Wildman–Crippen MR) is 87.4 cm³/mol. The van der Waals surface area contributed by atoms with Crippen molar-refractivity contribution in [3.63, 3.8) is 0 Å². The average Bonchev–Trinajstić information content (AvgIpc) is 2.98. The van der Waals surface area contributed by atoms with Gasteiger partial charge in [-0.05, 0) is 36.2 Å². The van der Waals surface area contributed by atoms with Gasteiger partial charge in [-0.25, -0.2) is 17.9 Å². The van der Waals surface area contributed by atoms with Gasteiger partial charge in [-0.2, -0.15) is 0 Å². The molecule has 0 saturated heterocycles. The fraction of sp³-hybridized carbons (Fsp3) is 0.235. The van der Waals surface area contributed by atoms with Gasteiger partial charge >= 0.3 is 5.97 Å². The summed E-state index contributed by atoms with van der Waals surface area (Å²) in [6, 6.07) is 12.9. The second-order valence-electron chi connectivity index (χ2n) is 5.67. The van der Waals surface area contributed by atoms with Gasteiger partial charge in [0.15, 0.2) is 6.10 Å². The Hall–Kier alpha value is -2.38. The minimum absolute atomic E-state index is 0.201. The molecular weight excluding hydrogens is 330 g/mol. The van der Waals surface area contributed by atoms with Crippen LogP contribution in [0.25, 0.3) is 0 Å². The molecule has 126 valence electrons. The Kier molecular flexibility index (Phi) is 4.29. The molecule has 0 fully saturated rings. The van der Waals surface area contributed by atoms with Crippen LogP contribution in [-0.2, 0) is 21.2 Å². The Bertz CT molecular complexity index is 864. The molecule has 0 radical (unpaired) electrons. The van der Waals surface area contributed by atoms with Gasteiger partial charge in [0, 0.05) is 12.5 Å². The van der Waals surface area contributed by atoms with E-state index in [0.29, 0.717) is 5.75 Å². The van der Waals surface area contributed by atoms with Crippen LogP contribution in [0.1, 0.15) is 24.1 Å². The van der Waals surface area contributed by atoms with Gasteiger partial charge in [0.2, 0.25) is 10.0 Å². The molecule has 0 aromatic heterocycles. The fourth-order valence-electron chi connectivity index (χ4n) is 2.64. The first-order chi connectivity index (χ1) is 11.4. The number of carboxylic acid groups (broad SMARTS) is 1. The number of benzene rings is 2. The molecule has 0 bridgehead atoms. The van der Waals surface area contributed by atoms with E-state index in [0.717, 1.165) is 11.1 Å². The maximum Gasteiger partial charge on any atom is 0.345 e. The molecule has 0 spiro atoms. The summed E-state index contributed by atoms with van der Waals surface area (Å²) in [6.07, 6.45) is -0.608. The number of ether oxygens (including phenoxy) is 1. The van der Waals surface area contributed by atoms with Gasteiger partial charge < -0.3 is 9.84 Å². The normalized spacial score (nSPS) is 17.8. The van der Waals surface area contributed by atoms with E-state index in [1.54, 1.807) is 43.3 Å². The molecule has 2 aromatic rings. The van der Waals surface area contributed by atoms with E-state index >= 15 is 0 Å². The molecule has 6 nitrogen and oxygen atoms in total. The molecule has 0 aliphatic carbocycles. The summed E-state index contributed by atoms with van der Waals surface area (Å²) in [4.78, 5) is 11.2. The van der Waals surface area contributed by atoms with E-state index in [4.69, 9.17) is 9.84 Å². The lowest BCUT2D eigenvalue weighted by molar-refractivity contribution is -0.144. The second kappa shape index (κ2) is 6.26. The van der Waals surface area contributed by atoms with Crippen molar-refractivity contribution in [1.29, 1.82) is 0 Å². The molecule has 2 unspecified atom stereocenters. The highest BCUT2D eigenvalue weighted by molar-refractivity contribution is 7.89.